The minimum Gasteiger partial charge on any atom is -0.512 e. The number of Topliss-reactive ketones (excluding diaryl/α,β-unsaturated/α-hetero) is 1. The summed E-state index contributed by atoms with van der Waals surface area (Å²) >= 11 is 3.54. The molecule has 0 spiro atoms. The van der Waals surface area contributed by atoms with E-state index in [0.717, 1.165) is 21.2 Å². The number of aliphatic hydroxyl groups excluding tert-OH is 1. The predicted molar refractivity (Wildman–Crippen MR) is 125 cm³/mol. The maximum atomic E-state index is 13.5. The van der Waals surface area contributed by atoms with Crippen molar-refractivity contribution in [3.8, 4) is 0 Å². The molecule has 0 saturated heterocycles. The summed E-state index contributed by atoms with van der Waals surface area (Å²) in [5.41, 5.74) is 10.0. The smallest absolute Gasteiger partial charge is 0.167 e. The van der Waals surface area contributed by atoms with Crippen molar-refractivity contribution in [2.75, 3.05) is 0 Å². The molecule has 3 rings (SSSR count). The first-order chi connectivity index (χ1) is 14.6. The first-order valence-corrected chi connectivity index (χ1v) is 10.9. The molecule has 1 aliphatic carbocycles. The van der Waals surface area contributed by atoms with Crippen LogP contribution in [0.2, 0.25) is 0 Å². The first-order valence-electron chi connectivity index (χ1n) is 10.1. The lowest BCUT2D eigenvalue weighted by molar-refractivity contribution is -0.115. The van der Waals surface area contributed by atoms with Gasteiger partial charge < -0.3 is 15.8 Å². The molecule has 5 N–H and O–H groups in total. The topological polar surface area (TPSA) is 92.6 Å². The number of hydrogen-bond acceptors (Lipinski definition) is 5. The highest BCUT2D eigenvalue weighted by Gasteiger charge is 2.34. The molecule has 5 nitrogen and oxygen atoms in total. The van der Waals surface area contributed by atoms with Crippen LogP contribution in [0.3, 0.4) is 0 Å². The van der Waals surface area contributed by atoms with Gasteiger partial charge in [0.1, 0.15) is 11.6 Å². The van der Waals surface area contributed by atoms with Gasteiger partial charge in [-0.3, -0.25) is 4.79 Å². The van der Waals surface area contributed by atoms with Crippen molar-refractivity contribution < 1.29 is 14.3 Å². The summed E-state index contributed by atoms with van der Waals surface area (Å²) in [5, 5.41) is 12.2. The molecule has 0 aliphatic heterocycles. The lowest BCUT2D eigenvalue weighted by Gasteiger charge is -2.33. The molecule has 164 valence electrons. The van der Waals surface area contributed by atoms with Gasteiger partial charge in [-0.25, -0.2) is 10.2 Å². The van der Waals surface area contributed by atoms with E-state index in [1.807, 2.05) is 32.9 Å². The van der Waals surface area contributed by atoms with E-state index in [2.05, 4.69) is 15.9 Å². The van der Waals surface area contributed by atoms with Crippen LogP contribution in [0.15, 0.2) is 52.8 Å². The summed E-state index contributed by atoms with van der Waals surface area (Å²) in [6, 6.07) is 9.59. The Morgan fingerprint density at radius 1 is 1.29 bits per heavy atom. The Hall–Kier alpha value is -2.64. The number of allylic oxidation sites excluding steroid dienone is 2. The fourth-order valence-corrected chi connectivity index (χ4v) is 4.92. The molecule has 2 atom stereocenters. The summed E-state index contributed by atoms with van der Waals surface area (Å²) in [6.45, 7) is 5.78. The van der Waals surface area contributed by atoms with Crippen molar-refractivity contribution in [3.63, 3.8) is 0 Å². The Bertz CT molecular complexity index is 1060. The third kappa shape index (κ3) is 4.99. The van der Waals surface area contributed by atoms with Gasteiger partial charge in [-0.05, 0) is 56.0 Å². The Balaban J connectivity index is 1.83. The minimum atomic E-state index is -0.386. The van der Waals surface area contributed by atoms with Gasteiger partial charge in [0.15, 0.2) is 5.78 Å². The number of benzene rings is 2. The molecule has 0 heterocycles. The van der Waals surface area contributed by atoms with Gasteiger partial charge in [-0.15, -0.1) is 0 Å². The highest BCUT2D eigenvalue weighted by molar-refractivity contribution is 9.10. The average molecular weight is 488 g/mol. The number of nitrogens with zero attached hydrogens (tertiary/aromatic N) is 1. The van der Waals surface area contributed by atoms with Crippen molar-refractivity contribution in [3.05, 3.63) is 80.9 Å². The molecular formula is C24H27BrFN3O2. The van der Waals surface area contributed by atoms with Crippen molar-refractivity contribution in [1.82, 2.24) is 5.01 Å². The Kier molecular flexibility index (Phi) is 6.86. The van der Waals surface area contributed by atoms with Crippen LogP contribution in [0.4, 0.5) is 4.39 Å². The van der Waals surface area contributed by atoms with Gasteiger partial charge >= 0.3 is 0 Å². The summed E-state index contributed by atoms with van der Waals surface area (Å²) in [6.07, 6.45) is 2.10. The third-order valence-electron chi connectivity index (χ3n) is 5.75. The van der Waals surface area contributed by atoms with Crippen LogP contribution < -0.4 is 11.6 Å². The van der Waals surface area contributed by atoms with Gasteiger partial charge in [0.05, 0.1) is 11.3 Å². The second kappa shape index (κ2) is 9.24. The lowest BCUT2D eigenvalue weighted by Crippen LogP contribution is -2.42. The van der Waals surface area contributed by atoms with Crippen LogP contribution in [-0.2, 0) is 4.79 Å². The molecule has 0 aromatic heterocycles. The molecule has 0 bridgehead atoms. The van der Waals surface area contributed by atoms with Crippen LogP contribution in [0.1, 0.15) is 42.0 Å². The van der Waals surface area contributed by atoms with Crippen LogP contribution in [0.25, 0.3) is 11.3 Å². The number of hydrazine groups is 1. The van der Waals surface area contributed by atoms with Crippen LogP contribution in [0.5, 0.6) is 0 Å². The molecule has 2 aromatic carbocycles. The second-order valence-corrected chi connectivity index (χ2v) is 8.99. The molecule has 7 heteroatoms. The maximum Gasteiger partial charge on any atom is 0.167 e. The molecule has 0 fully saturated rings. The van der Waals surface area contributed by atoms with Crippen molar-refractivity contribution in [2.45, 2.75) is 39.7 Å². The van der Waals surface area contributed by atoms with Gasteiger partial charge in [-0.2, -0.15) is 0 Å². The van der Waals surface area contributed by atoms with E-state index in [1.165, 1.54) is 23.3 Å². The first kappa shape index (κ1) is 23.0. The van der Waals surface area contributed by atoms with Crippen LogP contribution in [0, 0.1) is 25.6 Å². The van der Waals surface area contributed by atoms with E-state index >= 15 is 0 Å². The fraction of sp³-hybridized carbons (Fsp3) is 0.292. The van der Waals surface area contributed by atoms with Crippen molar-refractivity contribution in [2.24, 2.45) is 17.5 Å². The zero-order chi connectivity index (χ0) is 22.9. The maximum absolute atomic E-state index is 13.5. The molecule has 31 heavy (non-hydrogen) atoms. The number of aryl methyl sites for hydroxylation is 2. The van der Waals surface area contributed by atoms with E-state index in [9.17, 15) is 14.3 Å². The molecule has 1 aliphatic rings. The second-order valence-electron chi connectivity index (χ2n) is 8.13. The van der Waals surface area contributed by atoms with Crippen molar-refractivity contribution >= 4 is 33.0 Å². The highest BCUT2D eigenvalue weighted by atomic mass is 79.9. The zero-order valence-electron chi connectivity index (χ0n) is 17.8. The van der Waals surface area contributed by atoms with Crippen LogP contribution >= 0.6 is 15.9 Å². The number of carbonyl (C=O) groups excluding carboxylic acids is 1. The largest absolute Gasteiger partial charge is 0.512 e. The predicted octanol–water partition coefficient (Wildman–Crippen LogP) is 4.97. The lowest BCUT2D eigenvalue weighted by atomic mass is 9.80. The SMILES string of the molecule is Cc1cc(C)c(C2=C(O)CC(C(C)N(N)/C=C(\N)c3cccc(F)c3)CC2=O)c(Br)c1. The number of aliphatic hydroxyl groups is 1. The number of ketones is 1. The van der Waals surface area contributed by atoms with Gasteiger partial charge in [0, 0.05) is 40.7 Å². The van der Waals surface area contributed by atoms with E-state index in [-0.39, 0.29) is 35.7 Å². The fourth-order valence-electron chi connectivity index (χ4n) is 4.05. The van der Waals surface area contributed by atoms with E-state index in [0.29, 0.717) is 23.3 Å². The van der Waals surface area contributed by atoms with Crippen LogP contribution in [-0.4, -0.2) is 21.9 Å². The quantitative estimate of drug-likeness (QED) is 0.408. The summed E-state index contributed by atoms with van der Waals surface area (Å²) in [5.74, 6) is 5.56. The number of carbonyl (C=O) groups is 1. The number of nitrogens with two attached hydrogens (primary N) is 2. The molecule has 0 radical (unpaired) electrons. The molecular weight excluding hydrogens is 461 g/mol. The summed E-state index contributed by atoms with van der Waals surface area (Å²) in [7, 11) is 0. The van der Waals surface area contributed by atoms with Gasteiger partial charge in [0.25, 0.3) is 0 Å². The van der Waals surface area contributed by atoms with E-state index in [4.69, 9.17) is 11.6 Å². The molecule has 2 aromatic rings. The normalized spacial score (nSPS) is 18.3. The van der Waals surface area contributed by atoms with Gasteiger partial charge in [-0.1, -0.05) is 34.1 Å². The third-order valence-corrected chi connectivity index (χ3v) is 6.38. The molecule has 0 amide bonds. The number of hydrogen-bond donors (Lipinski definition) is 3. The monoisotopic (exact) mass is 487 g/mol. The Morgan fingerprint density at radius 2 is 2.00 bits per heavy atom. The summed E-state index contributed by atoms with van der Waals surface area (Å²) < 4.78 is 14.2. The average Bonchev–Trinajstić information content (AvgIpc) is 2.68. The Labute approximate surface area is 190 Å². The van der Waals surface area contributed by atoms with Crippen molar-refractivity contribution in [1.29, 1.82) is 0 Å². The number of rotatable bonds is 5. The molecule has 2 unspecified atom stereocenters. The van der Waals surface area contributed by atoms with Gasteiger partial charge in [0.2, 0.25) is 0 Å². The van der Waals surface area contributed by atoms with E-state index < -0.39 is 0 Å². The molecule has 0 saturated carbocycles. The highest BCUT2D eigenvalue weighted by Crippen LogP contribution is 2.38. The minimum absolute atomic E-state index is 0.0660. The standard InChI is InChI=1S/C24H27BrFN3O2/c1-13-7-14(2)23(19(25)8-13)24-21(30)10-17(11-22(24)31)15(3)29(28)12-20(27)16-5-4-6-18(26)9-16/h4-9,12,15,17,30H,10-11,27-28H2,1-3H3/b20-12-. The summed E-state index contributed by atoms with van der Waals surface area (Å²) in [4.78, 5) is 13.0. The zero-order valence-corrected chi connectivity index (χ0v) is 19.4. The Morgan fingerprint density at radius 3 is 2.61 bits per heavy atom. The van der Waals surface area contributed by atoms with E-state index in [1.54, 1.807) is 12.1 Å². The number of halogens is 2.